The average molecular weight is 309 g/mol. The first-order valence-electron chi connectivity index (χ1n) is 7.44. The van der Waals surface area contributed by atoms with Crippen molar-refractivity contribution in [2.75, 3.05) is 0 Å². The number of rotatable bonds is 4. The Bertz CT molecular complexity index is 619. The SMILES string of the molecule is O=C(N[C@@H]1CC[C@H](C(=O)O)C1)C1CC1c1ccc(F)c(F)c1. The summed E-state index contributed by atoms with van der Waals surface area (Å²) in [5.41, 5.74) is 0.633. The maximum Gasteiger partial charge on any atom is 0.306 e. The number of amides is 1. The van der Waals surface area contributed by atoms with Gasteiger partial charge >= 0.3 is 5.97 Å². The molecule has 2 aliphatic rings. The second-order valence-electron chi connectivity index (χ2n) is 6.18. The Morgan fingerprint density at radius 3 is 2.55 bits per heavy atom. The molecule has 1 aromatic carbocycles. The van der Waals surface area contributed by atoms with Crippen LogP contribution in [0, 0.1) is 23.5 Å². The average Bonchev–Trinajstić information content (AvgIpc) is 3.14. The number of halogens is 2. The number of carbonyl (C=O) groups excluding carboxylic acids is 1. The third-order valence-electron chi connectivity index (χ3n) is 4.63. The summed E-state index contributed by atoms with van der Waals surface area (Å²) in [6.45, 7) is 0. The van der Waals surface area contributed by atoms with E-state index in [1.807, 2.05) is 0 Å². The van der Waals surface area contributed by atoms with Gasteiger partial charge in [0.05, 0.1) is 5.92 Å². The van der Waals surface area contributed by atoms with Gasteiger partial charge in [0.2, 0.25) is 5.91 Å². The molecule has 0 bridgehead atoms. The molecule has 22 heavy (non-hydrogen) atoms. The lowest BCUT2D eigenvalue weighted by molar-refractivity contribution is -0.141. The first-order valence-corrected chi connectivity index (χ1v) is 7.44. The third-order valence-corrected chi connectivity index (χ3v) is 4.63. The minimum atomic E-state index is -0.899. The maximum atomic E-state index is 13.2. The number of hydrogen-bond acceptors (Lipinski definition) is 2. The summed E-state index contributed by atoms with van der Waals surface area (Å²) in [6.07, 6.45) is 2.33. The van der Waals surface area contributed by atoms with Crippen molar-refractivity contribution >= 4 is 11.9 Å². The van der Waals surface area contributed by atoms with Gasteiger partial charge in [-0.25, -0.2) is 8.78 Å². The van der Waals surface area contributed by atoms with Crippen LogP contribution in [0.2, 0.25) is 0 Å². The molecule has 3 rings (SSSR count). The smallest absolute Gasteiger partial charge is 0.306 e. The van der Waals surface area contributed by atoms with Crippen molar-refractivity contribution in [3.8, 4) is 0 Å². The van der Waals surface area contributed by atoms with Crippen LogP contribution in [0.5, 0.6) is 0 Å². The van der Waals surface area contributed by atoms with Gasteiger partial charge in [-0.15, -0.1) is 0 Å². The molecule has 0 radical (unpaired) electrons. The van der Waals surface area contributed by atoms with Crippen LogP contribution in [0.25, 0.3) is 0 Å². The fourth-order valence-electron chi connectivity index (χ4n) is 3.24. The Morgan fingerprint density at radius 2 is 1.91 bits per heavy atom. The standard InChI is InChI=1S/C16H17F2NO3/c17-13-4-2-8(6-14(13)18)11-7-12(11)15(20)19-10-3-1-9(5-10)16(21)22/h2,4,6,9-12H,1,3,5,7H2,(H,19,20)(H,21,22)/t9-,10+,11?,12?/m0/s1. The van der Waals surface area contributed by atoms with Crippen molar-refractivity contribution in [3.05, 3.63) is 35.4 Å². The Hall–Kier alpha value is -1.98. The number of benzene rings is 1. The van der Waals surface area contributed by atoms with Gasteiger partial charge in [0.25, 0.3) is 0 Å². The summed E-state index contributed by atoms with van der Waals surface area (Å²) >= 11 is 0. The van der Waals surface area contributed by atoms with Gasteiger partial charge in [-0.3, -0.25) is 9.59 Å². The van der Waals surface area contributed by atoms with E-state index in [1.165, 1.54) is 6.07 Å². The van der Waals surface area contributed by atoms with Crippen molar-refractivity contribution in [2.45, 2.75) is 37.6 Å². The van der Waals surface area contributed by atoms with Gasteiger partial charge in [-0.1, -0.05) is 6.07 Å². The van der Waals surface area contributed by atoms with Gasteiger partial charge in [0.15, 0.2) is 11.6 Å². The zero-order chi connectivity index (χ0) is 15.9. The molecule has 1 amide bonds. The molecule has 0 saturated heterocycles. The normalized spacial score (nSPS) is 30.1. The molecule has 0 spiro atoms. The molecule has 2 saturated carbocycles. The Labute approximate surface area is 126 Å². The van der Waals surface area contributed by atoms with E-state index in [1.54, 1.807) is 0 Å². The summed E-state index contributed by atoms with van der Waals surface area (Å²) in [4.78, 5) is 23.0. The van der Waals surface area contributed by atoms with Crippen LogP contribution < -0.4 is 5.32 Å². The lowest BCUT2D eigenvalue weighted by atomic mass is 10.1. The Morgan fingerprint density at radius 1 is 1.14 bits per heavy atom. The van der Waals surface area contributed by atoms with Crippen molar-refractivity contribution in [3.63, 3.8) is 0 Å². The fourth-order valence-corrected chi connectivity index (χ4v) is 3.24. The predicted molar refractivity (Wildman–Crippen MR) is 74.1 cm³/mol. The number of carboxylic acids is 1. The molecule has 118 valence electrons. The first kappa shape index (κ1) is 14.9. The summed E-state index contributed by atoms with van der Waals surface area (Å²) in [6, 6.07) is 3.63. The second kappa shape index (κ2) is 5.66. The molecule has 2 unspecified atom stereocenters. The summed E-state index contributed by atoms with van der Waals surface area (Å²) in [7, 11) is 0. The quantitative estimate of drug-likeness (QED) is 0.898. The van der Waals surface area contributed by atoms with E-state index in [0.717, 1.165) is 12.1 Å². The highest BCUT2D eigenvalue weighted by Gasteiger charge is 2.45. The maximum absolute atomic E-state index is 13.2. The number of carboxylic acid groups (broad SMARTS) is 1. The molecule has 4 atom stereocenters. The van der Waals surface area contributed by atoms with E-state index in [0.29, 0.717) is 31.2 Å². The predicted octanol–water partition coefficient (Wildman–Crippen LogP) is 2.44. The zero-order valence-electron chi connectivity index (χ0n) is 11.9. The van der Waals surface area contributed by atoms with Crippen LogP contribution in [0.1, 0.15) is 37.2 Å². The Balaban J connectivity index is 1.55. The summed E-state index contributed by atoms with van der Waals surface area (Å²) < 4.78 is 26.1. The topological polar surface area (TPSA) is 66.4 Å². The number of carbonyl (C=O) groups is 2. The van der Waals surface area contributed by atoms with Crippen molar-refractivity contribution in [1.29, 1.82) is 0 Å². The van der Waals surface area contributed by atoms with Crippen molar-refractivity contribution in [1.82, 2.24) is 5.32 Å². The molecule has 0 aromatic heterocycles. The fraction of sp³-hybridized carbons (Fsp3) is 0.500. The summed E-state index contributed by atoms with van der Waals surface area (Å²) in [5, 5.41) is 11.8. The molecular weight excluding hydrogens is 292 g/mol. The molecule has 1 aromatic rings. The molecule has 4 nitrogen and oxygen atoms in total. The van der Waals surface area contributed by atoms with E-state index in [-0.39, 0.29) is 29.7 Å². The zero-order valence-corrected chi connectivity index (χ0v) is 11.9. The van der Waals surface area contributed by atoms with E-state index in [9.17, 15) is 18.4 Å². The van der Waals surface area contributed by atoms with E-state index in [4.69, 9.17) is 5.11 Å². The monoisotopic (exact) mass is 309 g/mol. The highest BCUT2D eigenvalue weighted by Crippen LogP contribution is 2.48. The molecule has 2 aliphatic carbocycles. The highest BCUT2D eigenvalue weighted by molar-refractivity contribution is 5.83. The number of nitrogens with one attached hydrogen (secondary N) is 1. The van der Waals surface area contributed by atoms with Gasteiger partial charge < -0.3 is 10.4 Å². The van der Waals surface area contributed by atoms with Crippen LogP contribution in [0.4, 0.5) is 8.78 Å². The second-order valence-corrected chi connectivity index (χ2v) is 6.18. The van der Waals surface area contributed by atoms with E-state index in [2.05, 4.69) is 5.32 Å². The lowest BCUT2D eigenvalue weighted by Gasteiger charge is -2.12. The van der Waals surface area contributed by atoms with Gasteiger partial charge in [0.1, 0.15) is 0 Å². The van der Waals surface area contributed by atoms with Crippen LogP contribution >= 0.6 is 0 Å². The number of aliphatic carboxylic acids is 1. The van der Waals surface area contributed by atoms with Crippen molar-refractivity contribution < 1.29 is 23.5 Å². The molecular formula is C16H17F2NO3. The third kappa shape index (κ3) is 2.96. The van der Waals surface area contributed by atoms with Crippen LogP contribution in [-0.4, -0.2) is 23.0 Å². The van der Waals surface area contributed by atoms with Crippen LogP contribution in [0.3, 0.4) is 0 Å². The molecule has 0 aliphatic heterocycles. The minimum Gasteiger partial charge on any atom is -0.481 e. The van der Waals surface area contributed by atoms with Gasteiger partial charge in [-0.2, -0.15) is 0 Å². The minimum absolute atomic E-state index is 0.0771. The molecule has 2 N–H and O–H groups in total. The van der Waals surface area contributed by atoms with Gasteiger partial charge in [-0.05, 0) is 49.3 Å². The Kier molecular flexibility index (Phi) is 3.85. The highest BCUT2D eigenvalue weighted by atomic mass is 19.2. The van der Waals surface area contributed by atoms with E-state index < -0.39 is 17.6 Å². The first-order chi connectivity index (χ1) is 10.5. The summed E-state index contributed by atoms with van der Waals surface area (Å²) in [5.74, 6) is -3.42. The van der Waals surface area contributed by atoms with Crippen LogP contribution in [-0.2, 0) is 9.59 Å². The molecule has 0 heterocycles. The van der Waals surface area contributed by atoms with Gasteiger partial charge in [0, 0.05) is 12.0 Å². The van der Waals surface area contributed by atoms with Crippen molar-refractivity contribution in [2.24, 2.45) is 11.8 Å². The molecule has 6 heteroatoms. The molecule has 2 fully saturated rings. The van der Waals surface area contributed by atoms with Crippen LogP contribution in [0.15, 0.2) is 18.2 Å². The van der Waals surface area contributed by atoms with E-state index >= 15 is 0 Å². The largest absolute Gasteiger partial charge is 0.481 e. The number of hydrogen-bond donors (Lipinski definition) is 2. The lowest BCUT2D eigenvalue weighted by Crippen LogP contribution is -2.34.